The van der Waals surface area contributed by atoms with Crippen molar-refractivity contribution in [3.05, 3.63) is 42.3 Å². The highest BCUT2D eigenvalue weighted by molar-refractivity contribution is 5.59. The van der Waals surface area contributed by atoms with Crippen LogP contribution in [0.5, 0.6) is 5.75 Å². The van der Waals surface area contributed by atoms with Gasteiger partial charge in [0.05, 0.1) is 18.2 Å². The molecule has 2 aromatic rings. The summed E-state index contributed by atoms with van der Waals surface area (Å²) in [4.78, 5) is 4.23. The molecule has 1 fully saturated rings. The number of nitrogens with one attached hydrogen (secondary N) is 1. The minimum absolute atomic E-state index is 0.0372. The molecule has 1 unspecified atom stereocenters. The highest BCUT2D eigenvalue weighted by atomic mass is 19.4. The minimum atomic E-state index is -4.54. The molecule has 1 aromatic carbocycles. The fourth-order valence-corrected chi connectivity index (χ4v) is 2.66. The summed E-state index contributed by atoms with van der Waals surface area (Å²) in [6, 6.07) is 3.73. The van der Waals surface area contributed by atoms with Crippen molar-refractivity contribution in [2.75, 3.05) is 13.2 Å². The summed E-state index contributed by atoms with van der Waals surface area (Å²) in [6.45, 7) is 4.51. The first kappa shape index (κ1) is 17.5. The molecule has 0 aliphatic carbocycles. The SMILES string of the molecule is C=CCCOc1ccc(-c2noc(C3CCCN3)n2)cc1C(F)(F)F. The number of hydrogen-bond donors (Lipinski definition) is 1. The monoisotopic (exact) mass is 353 g/mol. The van der Waals surface area contributed by atoms with Gasteiger partial charge in [0.25, 0.3) is 0 Å². The van der Waals surface area contributed by atoms with E-state index in [-0.39, 0.29) is 29.8 Å². The second-order valence-corrected chi connectivity index (χ2v) is 5.74. The van der Waals surface area contributed by atoms with Crippen LogP contribution in [-0.4, -0.2) is 23.3 Å². The molecule has 0 radical (unpaired) electrons. The van der Waals surface area contributed by atoms with Crippen LogP contribution in [0.2, 0.25) is 0 Å². The molecule has 1 atom stereocenters. The average molecular weight is 353 g/mol. The molecule has 3 rings (SSSR count). The molecule has 1 N–H and O–H groups in total. The third kappa shape index (κ3) is 4.01. The molecule has 25 heavy (non-hydrogen) atoms. The Morgan fingerprint density at radius 2 is 2.24 bits per heavy atom. The smallest absolute Gasteiger partial charge is 0.419 e. The largest absolute Gasteiger partial charge is 0.493 e. The van der Waals surface area contributed by atoms with E-state index in [4.69, 9.17) is 9.26 Å². The van der Waals surface area contributed by atoms with E-state index in [1.54, 1.807) is 6.08 Å². The van der Waals surface area contributed by atoms with Gasteiger partial charge in [-0.15, -0.1) is 6.58 Å². The first-order chi connectivity index (χ1) is 12.0. The number of aromatic nitrogens is 2. The summed E-state index contributed by atoms with van der Waals surface area (Å²) >= 11 is 0. The van der Waals surface area contributed by atoms with Crippen molar-refractivity contribution in [2.45, 2.75) is 31.5 Å². The van der Waals surface area contributed by atoms with Crippen LogP contribution in [0, 0.1) is 0 Å². The summed E-state index contributed by atoms with van der Waals surface area (Å²) in [7, 11) is 0. The number of hydrogen-bond acceptors (Lipinski definition) is 5. The van der Waals surface area contributed by atoms with Crippen LogP contribution >= 0.6 is 0 Å². The van der Waals surface area contributed by atoms with E-state index in [2.05, 4.69) is 22.0 Å². The first-order valence-electron chi connectivity index (χ1n) is 8.01. The molecule has 1 aromatic heterocycles. The lowest BCUT2D eigenvalue weighted by Crippen LogP contribution is -2.13. The summed E-state index contributed by atoms with van der Waals surface area (Å²) in [6.07, 6.45) is -0.636. The summed E-state index contributed by atoms with van der Waals surface area (Å²) in [5.41, 5.74) is -0.629. The quantitative estimate of drug-likeness (QED) is 0.625. The normalized spacial score (nSPS) is 17.6. The number of alkyl halides is 3. The van der Waals surface area contributed by atoms with Gasteiger partial charge in [-0.1, -0.05) is 11.2 Å². The van der Waals surface area contributed by atoms with Crippen LogP contribution in [-0.2, 0) is 6.18 Å². The standard InChI is InChI=1S/C17H18F3N3O2/c1-2-3-9-24-14-7-6-11(10-12(14)17(18,19)20)15-22-16(25-23-15)13-5-4-8-21-13/h2,6-7,10,13,21H,1,3-5,8-9H2. The van der Waals surface area contributed by atoms with Crippen molar-refractivity contribution >= 4 is 0 Å². The molecule has 0 spiro atoms. The predicted molar refractivity (Wildman–Crippen MR) is 85.0 cm³/mol. The molecule has 0 amide bonds. The summed E-state index contributed by atoms with van der Waals surface area (Å²) in [5.74, 6) is 0.304. The second-order valence-electron chi connectivity index (χ2n) is 5.74. The molecule has 5 nitrogen and oxygen atoms in total. The summed E-state index contributed by atoms with van der Waals surface area (Å²) < 4.78 is 50.4. The molecule has 0 bridgehead atoms. The van der Waals surface area contributed by atoms with Gasteiger partial charge < -0.3 is 14.6 Å². The number of nitrogens with zero attached hydrogens (tertiary/aromatic N) is 2. The topological polar surface area (TPSA) is 60.2 Å². The molecule has 2 heterocycles. The Bertz CT molecular complexity index is 737. The Hall–Kier alpha value is -2.35. The van der Waals surface area contributed by atoms with Gasteiger partial charge in [0.15, 0.2) is 0 Å². The van der Waals surface area contributed by atoms with Crippen molar-refractivity contribution < 1.29 is 22.4 Å². The predicted octanol–water partition coefficient (Wildman–Crippen LogP) is 4.13. The lowest BCUT2D eigenvalue weighted by Gasteiger charge is -2.14. The molecule has 134 valence electrons. The molecular formula is C17H18F3N3O2. The van der Waals surface area contributed by atoms with Crippen molar-refractivity contribution in [1.82, 2.24) is 15.5 Å². The van der Waals surface area contributed by atoms with Gasteiger partial charge in [-0.3, -0.25) is 0 Å². The van der Waals surface area contributed by atoms with Gasteiger partial charge in [0, 0.05) is 5.56 Å². The van der Waals surface area contributed by atoms with E-state index < -0.39 is 11.7 Å². The Morgan fingerprint density at radius 1 is 1.40 bits per heavy atom. The lowest BCUT2D eigenvalue weighted by atomic mass is 10.1. The molecule has 0 saturated carbocycles. The van der Waals surface area contributed by atoms with Crippen LogP contribution < -0.4 is 10.1 Å². The molecular weight excluding hydrogens is 335 g/mol. The number of ether oxygens (including phenoxy) is 1. The van der Waals surface area contributed by atoms with E-state index in [0.717, 1.165) is 25.5 Å². The fourth-order valence-electron chi connectivity index (χ4n) is 2.66. The van der Waals surface area contributed by atoms with E-state index in [0.29, 0.717) is 12.3 Å². The van der Waals surface area contributed by atoms with E-state index >= 15 is 0 Å². The van der Waals surface area contributed by atoms with Gasteiger partial charge in [0.2, 0.25) is 11.7 Å². The van der Waals surface area contributed by atoms with Crippen molar-refractivity contribution in [2.24, 2.45) is 0 Å². The number of halogens is 3. The zero-order valence-corrected chi connectivity index (χ0v) is 13.5. The van der Waals surface area contributed by atoms with Gasteiger partial charge in [-0.05, 0) is 44.0 Å². The minimum Gasteiger partial charge on any atom is -0.493 e. The van der Waals surface area contributed by atoms with E-state index in [1.807, 2.05) is 0 Å². The van der Waals surface area contributed by atoms with Gasteiger partial charge in [-0.25, -0.2) is 0 Å². The number of rotatable bonds is 6. The zero-order chi connectivity index (χ0) is 17.9. The maximum Gasteiger partial charge on any atom is 0.419 e. The van der Waals surface area contributed by atoms with Gasteiger partial charge in [-0.2, -0.15) is 18.2 Å². The Labute approximate surface area is 142 Å². The van der Waals surface area contributed by atoms with Crippen molar-refractivity contribution in [1.29, 1.82) is 0 Å². The zero-order valence-electron chi connectivity index (χ0n) is 13.5. The van der Waals surface area contributed by atoms with Crippen molar-refractivity contribution in [3.63, 3.8) is 0 Å². The third-order valence-electron chi connectivity index (χ3n) is 3.92. The van der Waals surface area contributed by atoms with Gasteiger partial charge >= 0.3 is 6.18 Å². The highest BCUT2D eigenvalue weighted by Gasteiger charge is 2.35. The first-order valence-corrected chi connectivity index (χ1v) is 8.01. The van der Waals surface area contributed by atoms with Crippen LogP contribution in [0.1, 0.15) is 36.8 Å². The van der Waals surface area contributed by atoms with Crippen LogP contribution in [0.15, 0.2) is 35.4 Å². The average Bonchev–Trinajstić information content (AvgIpc) is 3.25. The maximum absolute atomic E-state index is 13.3. The van der Waals surface area contributed by atoms with Crippen molar-refractivity contribution in [3.8, 4) is 17.1 Å². The maximum atomic E-state index is 13.3. The molecule has 8 heteroatoms. The van der Waals surface area contributed by atoms with Gasteiger partial charge in [0.1, 0.15) is 5.75 Å². The van der Waals surface area contributed by atoms with E-state index in [1.165, 1.54) is 12.1 Å². The Balaban J connectivity index is 1.87. The number of benzene rings is 1. The van der Waals surface area contributed by atoms with Crippen LogP contribution in [0.4, 0.5) is 13.2 Å². The third-order valence-corrected chi connectivity index (χ3v) is 3.92. The van der Waals surface area contributed by atoms with Crippen LogP contribution in [0.3, 0.4) is 0 Å². The van der Waals surface area contributed by atoms with E-state index in [9.17, 15) is 13.2 Å². The molecule has 1 aliphatic heterocycles. The highest BCUT2D eigenvalue weighted by Crippen LogP contribution is 2.38. The molecule has 1 saturated heterocycles. The Kier molecular flexibility index (Phi) is 5.08. The second kappa shape index (κ2) is 7.26. The molecule has 1 aliphatic rings. The summed E-state index contributed by atoms with van der Waals surface area (Å²) in [5, 5.41) is 7.02. The lowest BCUT2D eigenvalue weighted by molar-refractivity contribution is -0.138. The fraction of sp³-hybridized carbons (Fsp3) is 0.412. The van der Waals surface area contributed by atoms with Crippen LogP contribution in [0.25, 0.3) is 11.4 Å². The Morgan fingerprint density at radius 3 is 2.92 bits per heavy atom.